The van der Waals surface area contributed by atoms with E-state index in [0.29, 0.717) is 145 Å². The molecule has 1 aliphatic rings. The van der Waals surface area contributed by atoms with E-state index in [1.54, 1.807) is 0 Å². The van der Waals surface area contributed by atoms with E-state index in [1.165, 1.54) is 6.92 Å². The number of hydrogen-bond acceptors (Lipinski definition) is 20. The van der Waals surface area contributed by atoms with Crippen LogP contribution in [0.3, 0.4) is 0 Å². The summed E-state index contributed by atoms with van der Waals surface area (Å²) in [5, 5.41) is 43.2. The van der Waals surface area contributed by atoms with Crippen LogP contribution < -0.4 is 10.6 Å². The first-order valence-electron chi connectivity index (χ1n) is 20.2. The molecule has 5 atom stereocenters. The molecule has 0 radical (unpaired) electrons. The molecule has 6 N–H and O–H groups in total. The number of hydrogen-bond donors (Lipinski definition) is 6. The third-order valence-electron chi connectivity index (χ3n) is 7.75. The highest BCUT2D eigenvalue weighted by molar-refractivity contribution is 5.77. The molecule has 1 aliphatic heterocycles. The fourth-order valence-electron chi connectivity index (χ4n) is 4.76. The Morgan fingerprint density at radius 3 is 1.17 bits per heavy atom. The van der Waals surface area contributed by atoms with Crippen LogP contribution in [0.2, 0.25) is 0 Å². The third-order valence-corrected chi connectivity index (χ3v) is 7.75. The van der Waals surface area contributed by atoms with Gasteiger partial charge in [-0.3, -0.25) is 14.4 Å². The van der Waals surface area contributed by atoms with Crippen LogP contribution in [0.25, 0.3) is 0 Å². The summed E-state index contributed by atoms with van der Waals surface area (Å²) in [5.41, 5.74) is 0. The molecule has 0 unspecified atom stereocenters. The second-order valence-electron chi connectivity index (χ2n) is 12.6. The molecule has 1 saturated heterocycles. The lowest BCUT2D eigenvalue weighted by atomic mass is 9.97. The highest BCUT2D eigenvalue weighted by Gasteiger charge is 2.45. The lowest BCUT2D eigenvalue weighted by Crippen LogP contribution is -2.64. The Morgan fingerprint density at radius 2 is 0.850 bits per heavy atom. The third kappa shape index (κ3) is 33.4. The standard InChI is InChI=1S/C37H70N2O21/c1-30(41)39-34-36(46)35(45)31(28-40)60-37(34)59-29-32(42)38-3-5-48-7-9-50-11-13-52-15-17-54-19-21-56-23-25-58-27-26-57-24-22-55-20-18-53-16-14-51-12-10-49-8-6-47-4-2-33(43)44/h31,34-37,40,45-46H,2-29H2,1H3,(H,38,42)(H,39,41)(H,43,44)/t31-,34+,35-,36-,37-/m1/s1. The normalized spacial score (nSPS) is 19.1. The number of ether oxygens (including phenoxy) is 14. The zero-order chi connectivity index (χ0) is 43.7. The first kappa shape index (κ1) is 55.7. The summed E-state index contributed by atoms with van der Waals surface area (Å²) in [6.07, 6.45) is -5.33. The van der Waals surface area contributed by atoms with Crippen LogP contribution in [0, 0.1) is 0 Å². The van der Waals surface area contributed by atoms with Gasteiger partial charge in [0.2, 0.25) is 11.8 Å². The minimum absolute atomic E-state index is 0.0158. The summed E-state index contributed by atoms with van der Waals surface area (Å²) >= 11 is 0. The Hall–Kier alpha value is -2.27. The van der Waals surface area contributed by atoms with Crippen LogP contribution in [-0.4, -0.2) is 247 Å². The molecule has 60 heavy (non-hydrogen) atoms. The minimum atomic E-state index is -1.46. The van der Waals surface area contributed by atoms with Crippen molar-refractivity contribution in [1.82, 2.24) is 10.6 Å². The molecule has 2 amide bonds. The summed E-state index contributed by atoms with van der Waals surface area (Å²) in [4.78, 5) is 34.0. The number of nitrogens with one attached hydrogen (secondary N) is 2. The molecule has 23 nitrogen and oxygen atoms in total. The smallest absolute Gasteiger partial charge is 0.305 e. The van der Waals surface area contributed by atoms with Crippen molar-refractivity contribution in [2.75, 3.05) is 178 Å². The van der Waals surface area contributed by atoms with Crippen LogP contribution >= 0.6 is 0 Å². The molecule has 0 saturated carbocycles. The largest absolute Gasteiger partial charge is 0.481 e. The molecule has 0 aromatic rings. The topological polar surface area (TPSA) is 285 Å². The van der Waals surface area contributed by atoms with Gasteiger partial charge < -0.3 is 97.4 Å². The van der Waals surface area contributed by atoms with Gasteiger partial charge >= 0.3 is 5.97 Å². The maximum absolute atomic E-state index is 12.1. The predicted molar refractivity (Wildman–Crippen MR) is 206 cm³/mol. The molecular formula is C37H70N2O21. The number of rotatable bonds is 44. The van der Waals surface area contributed by atoms with Crippen LogP contribution in [0.4, 0.5) is 0 Å². The highest BCUT2D eigenvalue weighted by Crippen LogP contribution is 2.22. The summed E-state index contributed by atoms with van der Waals surface area (Å²) in [6, 6.07) is -1.13. The minimum Gasteiger partial charge on any atom is -0.481 e. The molecular weight excluding hydrogens is 808 g/mol. The van der Waals surface area contributed by atoms with Crippen molar-refractivity contribution in [2.45, 2.75) is 44.0 Å². The van der Waals surface area contributed by atoms with Gasteiger partial charge in [-0.2, -0.15) is 0 Å². The van der Waals surface area contributed by atoms with Crippen molar-refractivity contribution in [3.05, 3.63) is 0 Å². The van der Waals surface area contributed by atoms with E-state index in [-0.39, 0.29) is 26.2 Å². The van der Waals surface area contributed by atoms with E-state index in [4.69, 9.17) is 71.4 Å². The van der Waals surface area contributed by atoms with Gasteiger partial charge in [0.25, 0.3) is 0 Å². The summed E-state index contributed by atoms with van der Waals surface area (Å²) < 4.78 is 75.7. The quantitative estimate of drug-likeness (QED) is 0.0328. The zero-order valence-corrected chi connectivity index (χ0v) is 34.9. The Bertz CT molecular complexity index is 1020. The van der Waals surface area contributed by atoms with Gasteiger partial charge in [0.1, 0.15) is 31.0 Å². The molecule has 1 fully saturated rings. The molecule has 0 bridgehead atoms. The zero-order valence-electron chi connectivity index (χ0n) is 34.9. The van der Waals surface area contributed by atoms with Crippen molar-refractivity contribution in [1.29, 1.82) is 0 Å². The maximum atomic E-state index is 12.1. The SMILES string of the molecule is CC(=O)N[C@@H]1[C@H](OCC(=O)NCCOCCOCCOCCOCCOCCOCCOCCOCCOCCOCCOCCOCCC(=O)O)O[C@H](CO)[C@@H](O)[C@@H]1O. The number of carboxylic acids is 1. The monoisotopic (exact) mass is 878 g/mol. The number of aliphatic hydroxyl groups is 3. The van der Waals surface area contributed by atoms with E-state index in [1.807, 2.05) is 0 Å². The summed E-state index contributed by atoms with van der Waals surface area (Å²) in [5.74, 6) is -1.87. The Kier molecular flexibility index (Phi) is 37.9. The van der Waals surface area contributed by atoms with Gasteiger partial charge in [0.15, 0.2) is 6.29 Å². The van der Waals surface area contributed by atoms with Crippen LogP contribution in [0.5, 0.6) is 0 Å². The molecule has 0 aromatic carbocycles. The summed E-state index contributed by atoms with van der Waals surface area (Å²) in [7, 11) is 0. The molecule has 1 heterocycles. The van der Waals surface area contributed by atoms with Crippen LogP contribution in [-0.2, 0) is 80.7 Å². The molecule has 0 aliphatic carbocycles. The van der Waals surface area contributed by atoms with Crippen molar-refractivity contribution in [3.63, 3.8) is 0 Å². The highest BCUT2D eigenvalue weighted by atomic mass is 16.7. The van der Waals surface area contributed by atoms with Crippen molar-refractivity contribution in [3.8, 4) is 0 Å². The first-order chi connectivity index (χ1) is 29.3. The lowest BCUT2D eigenvalue weighted by molar-refractivity contribution is -0.268. The number of amides is 2. The summed E-state index contributed by atoms with van der Waals surface area (Å²) in [6.45, 7) is 10.1. The molecule has 23 heteroatoms. The molecule has 0 spiro atoms. The van der Waals surface area contributed by atoms with Crippen LogP contribution in [0.1, 0.15) is 13.3 Å². The fourth-order valence-corrected chi connectivity index (χ4v) is 4.76. The van der Waals surface area contributed by atoms with Gasteiger partial charge in [0, 0.05) is 13.5 Å². The second-order valence-corrected chi connectivity index (χ2v) is 12.6. The molecule has 1 rings (SSSR count). The fraction of sp³-hybridized carbons (Fsp3) is 0.919. The second kappa shape index (κ2) is 40.8. The van der Waals surface area contributed by atoms with E-state index in [0.717, 1.165) is 0 Å². The molecule has 0 aromatic heterocycles. The van der Waals surface area contributed by atoms with E-state index >= 15 is 0 Å². The Balaban J connectivity index is 1.74. The van der Waals surface area contributed by atoms with Crippen molar-refractivity contribution in [2.24, 2.45) is 0 Å². The van der Waals surface area contributed by atoms with Crippen LogP contribution in [0.15, 0.2) is 0 Å². The first-order valence-corrected chi connectivity index (χ1v) is 20.2. The number of aliphatic hydroxyl groups excluding tert-OH is 3. The van der Waals surface area contributed by atoms with Gasteiger partial charge in [0.05, 0.1) is 172 Å². The van der Waals surface area contributed by atoms with Gasteiger partial charge in [-0.15, -0.1) is 0 Å². The predicted octanol–water partition coefficient (Wildman–Crippen LogP) is -3.26. The van der Waals surface area contributed by atoms with Crippen molar-refractivity contribution < 1.29 is 101 Å². The van der Waals surface area contributed by atoms with Gasteiger partial charge in [-0.1, -0.05) is 0 Å². The molecule has 354 valence electrons. The van der Waals surface area contributed by atoms with Gasteiger partial charge in [-0.05, 0) is 0 Å². The van der Waals surface area contributed by atoms with E-state index < -0.39 is 61.6 Å². The maximum Gasteiger partial charge on any atom is 0.305 e. The number of carbonyl (C=O) groups is 3. The van der Waals surface area contributed by atoms with Crippen molar-refractivity contribution >= 4 is 17.8 Å². The van der Waals surface area contributed by atoms with E-state index in [9.17, 15) is 29.7 Å². The number of aliphatic carboxylic acids is 1. The number of carbonyl (C=O) groups excluding carboxylic acids is 2. The van der Waals surface area contributed by atoms with Gasteiger partial charge in [-0.25, -0.2) is 0 Å². The average molecular weight is 879 g/mol. The lowest BCUT2D eigenvalue weighted by Gasteiger charge is -2.42. The average Bonchev–Trinajstić information content (AvgIpc) is 3.22. The number of carboxylic acid groups (broad SMARTS) is 1. The Labute approximate surface area is 351 Å². The Morgan fingerprint density at radius 1 is 0.517 bits per heavy atom. The van der Waals surface area contributed by atoms with E-state index in [2.05, 4.69) is 10.6 Å².